The maximum atomic E-state index is 13.9. The van der Waals surface area contributed by atoms with Gasteiger partial charge < -0.3 is 19.8 Å². The van der Waals surface area contributed by atoms with Crippen molar-refractivity contribution in [3.8, 4) is 5.75 Å². The van der Waals surface area contributed by atoms with Gasteiger partial charge in [0.05, 0.1) is 12.1 Å². The lowest BCUT2D eigenvalue weighted by atomic mass is 10.1. The number of hydrogen-bond acceptors (Lipinski definition) is 4. The van der Waals surface area contributed by atoms with E-state index in [0.717, 1.165) is 6.07 Å². The Labute approximate surface area is 140 Å². The van der Waals surface area contributed by atoms with Crippen molar-refractivity contribution in [3.63, 3.8) is 0 Å². The van der Waals surface area contributed by atoms with E-state index in [9.17, 15) is 14.0 Å². The maximum Gasteiger partial charge on any atom is 0.268 e. The van der Waals surface area contributed by atoms with E-state index in [2.05, 4.69) is 26.2 Å². The van der Waals surface area contributed by atoms with E-state index in [1.54, 1.807) is 12.3 Å². The normalized spacial score (nSPS) is 10.4. The van der Waals surface area contributed by atoms with Crippen LogP contribution in [0.15, 0.2) is 34.9 Å². The number of carbonyl (C=O) groups excluding carboxylic acids is 2. The van der Waals surface area contributed by atoms with Gasteiger partial charge in [0.25, 0.3) is 5.91 Å². The summed E-state index contributed by atoms with van der Waals surface area (Å²) >= 11 is 3.20. The molecule has 0 aliphatic heterocycles. The van der Waals surface area contributed by atoms with E-state index < -0.39 is 17.5 Å². The molecule has 0 fully saturated rings. The second kappa shape index (κ2) is 7.89. The van der Waals surface area contributed by atoms with Crippen molar-refractivity contribution in [3.05, 3.63) is 52.0 Å². The zero-order valence-corrected chi connectivity index (χ0v) is 13.8. The first-order valence-electron chi connectivity index (χ1n) is 6.58. The zero-order chi connectivity index (χ0) is 16.8. The summed E-state index contributed by atoms with van der Waals surface area (Å²) in [4.78, 5) is 26.5. The summed E-state index contributed by atoms with van der Waals surface area (Å²) in [6.45, 7) is -0.334. The lowest BCUT2D eigenvalue weighted by Crippen LogP contribution is -2.30. The molecule has 1 amide bonds. The highest BCUT2D eigenvalue weighted by molar-refractivity contribution is 9.10. The summed E-state index contributed by atoms with van der Waals surface area (Å²) in [5, 5.41) is 2.43. The Hall–Kier alpha value is -2.19. The van der Waals surface area contributed by atoms with Crippen molar-refractivity contribution in [2.75, 3.05) is 20.4 Å². The van der Waals surface area contributed by atoms with E-state index in [-0.39, 0.29) is 24.7 Å². The first-order valence-corrected chi connectivity index (χ1v) is 7.37. The van der Waals surface area contributed by atoms with Crippen LogP contribution in [0.5, 0.6) is 5.75 Å². The van der Waals surface area contributed by atoms with Crippen LogP contribution >= 0.6 is 15.9 Å². The highest BCUT2D eigenvalue weighted by Gasteiger charge is 2.15. The molecule has 0 saturated heterocycles. The highest BCUT2D eigenvalue weighted by Crippen LogP contribution is 2.17. The number of H-pyrrole nitrogens is 1. The number of aromatic nitrogens is 1. The fourth-order valence-corrected chi connectivity index (χ4v) is 2.13. The number of Topliss-reactive ketones (excluding diaryl/α,β-unsaturated/α-hetero) is 1. The molecule has 2 rings (SSSR count). The van der Waals surface area contributed by atoms with Crippen LogP contribution in [-0.2, 0) is 4.74 Å². The van der Waals surface area contributed by atoms with Crippen molar-refractivity contribution in [1.29, 1.82) is 0 Å². The number of ether oxygens (including phenoxy) is 2. The topological polar surface area (TPSA) is 80.4 Å². The smallest absolute Gasteiger partial charge is 0.268 e. The molecule has 1 aromatic heterocycles. The first kappa shape index (κ1) is 17.2. The Balaban J connectivity index is 1.96. The lowest BCUT2D eigenvalue weighted by molar-refractivity contribution is 0.0509. The summed E-state index contributed by atoms with van der Waals surface area (Å²) < 4.78 is 24.4. The number of benzene rings is 1. The molecule has 0 saturated carbocycles. The van der Waals surface area contributed by atoms with Crippen LogP contribution < -0.4 is 10.1 Å². The average Bonchev–Trinajstić information content (AvgIpc) is 2.97. The Morgan fingerprint density at radius 3 is 2.74 bits per heavy atom. The molecule has 122 valence electrons. The molecule has 23 heavy (non-hydrogen) atoms. The van der Waals surface area contributed by atoms with Gasteiger partial charge in [-0.05, 0) is 34.1 Å². The molecule has 6 nitrogen and oxygen atoms in total. The molecule has 0 aliphatic carbocycles. The van der Waals surface area contributed by atoms with Gasteiger partial charge >= 0.3 is 0 Å². The minimum absolute atomic E-state index is 0.0193. The van der Waals surface area contributed by atoms with Gasteiger partial charge in [0.1, 0.15) is 17.3 Å². The summed E-state index contributed by atoms with van der Waals surface area (Å²) in [6, 6.07) is 5.43. The number of halogens is 2. The SMILES string of the molecule is COCOc1ccc(C(=O)CNC(=O)c2cc(Br)c[nH]2)c(F)c1. The van der Waals surface area contributed by atoms with Crippen LogP contribution in [0.3, 0.4) is 0 Å². The molecule has 0 atom stereocenters. The Morgan fingerprint density at radius 1 is 1.35 bits per heavy atom. The predicted molar refractivity (Wildman–Crippen MR) is 84.1 cm³/mol. The fraction of sp³-hybridized carbons (Fsp3) is 0.200. The maximum absolute atomic E-state index is 13.9. The van der Waals surface area contributed by atoms with Gasteiger partial charge in [-0.15, -0.1) is 0 Å². The minimum Gasteiger partial charge on any atom is -0.467 e. The average molecular weight is 385 g/mol. The van der Waals surface area contributed by atoms with Gasteiger partial charge in [-0.3, -0.25) is 9.59 Å². The highest BCUT2D eigenvalue weighted by atomic mass is 79.9. The molecule has 0 radical (unpaired) electrons. The minimum atomic E-state index is -0.722. The Bertz CT molecular complexity index is 717. The van der Waals surface area contributed by atoms with Gasteiger partial charge in [-0.2, -0.15) is 0 Å². The van der Waals surface area contributed by atoms with Crippen molar-refractivity contribution in [2.24, 2.45) is 0 Å². The predicted octanol–water partition coefficient (Wildman–Crippen LogP) is 2.51. The van der Waals surface area contributed by atoms with E-state index in [0.29, 0.717) is 10.2 Å². The van der Waals surface area contributed by atoms with Crippen LogP contribution in [0, 0.1) is 5.82 Å². The fourth-order valence-electron chi connectivity index (χ4n) is 1.79. The second-order valence-corrected chi connectivity index (χ2v) is 5.45. The number of carbonyl (C=O) groups is 2. The Kier molecular flexibility index (Phi) is 5.89. The molecule has 1 heterocycles. The van der Waals surface area contributed by atoms with Crippen molar-refractivity contribution >= 4 is 27.6 Å². The lowest BCUT2D eigenvalue weighted by Gasteiger charge is -2.08. The van der Waals surface area contributed by atoms with Gasteiger partial charge in [-0.1, -0.05) is 0 Å². The molecule has 0 spiro atoms. The number of methoxy groups -OCH3 is 1. The van der Waals surface area contributed by atoms with E-state index in [1.165, 1.54) is 19.2 Å². The third-order valence-corrected chi connectivity index (χ3v) is 3.34. The zero-order valence-electron chi connectivity index (χ0n) is 12.2. The third kappa shape index (κ3) is 4.64. The number of amides is 1. The van der Waals surface area contributed by atoms with Crippen molar-refractivity contribution < 1.29 is 23.5 Å². The second-order valence-electron chi connectivity index (χ2n) is 4.53. The molecule has 1 aromatic carbocycles. The van der Waals surface area contributed by atoms with Crippen LogP contribution in [-0.4, -0.2) is 37.1 Å². The van der Waals surface area contributed by atoms with Crippen LogP contribution in [0.25, 0.3) is 0 Å². The molecule has 0 aliphatic rings. The van der Waals surface area contributed by atoms with Crippen LogP contribution in [0.4, 0.5) is 4.39 Å². The first-order chi connectivity index (χ1) is 11.0. The number of hydrogen-bond donors (Lipinski definition) is 2. The number of ketones is 1. The van der Waals surface area contributed by atoms with E-state index >= 15 is 0 Å². The Morgan fingerprint density at radius 2 is 2.13 bits per heavy atom. The summed E-state index contributed by atoms with van der Waals surface area (Å²) in [6.07, 6.45) is 1.59. The largest absolute Gasteiger partial charge is 0.467 e. The molecule has 0 unspecified atom stereocenters. The van der Waals surface area contributed by atoms with Gasteiger partial charge in [0.2, 0.25) is 0 Å². The van der Waals surface area contributed by atoms with Crippen LogP contribution in [0.1, 0.15) is 20.8 Å². The van der Waals surface area contributed by atoms with Crippen molar-refractivity contribution in [2.45, 2.75) is 0 Å². The molecule has 2 aromatic rings. The number of rotatable bonds is 7. The number of aromatic amines is 1. The van der Waals surface area contributed by atoms with E-state index in [1.807, 2.05) is 0 Å². The molecule has 8 heteroatoms. The van der Waals surface area contributed by atoms with Crippen LogP contribution in [0.2, 0.25) is 0 Å². The standard InChI is InChI=1S/C15H14BrFN2O4/c1-22-8-23-10-2-3-11(12(17)5-10)14(20)7-19-15(21)13-4-9(16)6-18-13/h2-6,18H,7-8H2,1H3,(H,19,21). The molecule has 2 N–H and O–H groups in total. The van der Waals surface area contributed by atoms with Gasteiger partial charge in [0.15, 0.2) is 12.6 Å². The molecular formula is C15H14BrFN2O4. The summed E-state index contributed by atoms with van der Waals surface area (Å²) in [5.74, 6) is -1.47. The van der Waals surface area contributed by atoms with Gasteiger partial charge in [-0.25, -0.2) is 4.39 Å². The van der Waals surface area contributed by atoms with Gasteiger partial charge in [0, 0.05) is 23.8 Å². The third-order valence-electron chi connectivity index (χ3n) is 2.89. The quantitative estimate of drug-likeness (QED) is 0.567. The summed E-state index contributed by atoms with van der Waals surface area (Å²) in [7, 11) is 1.44. The molecular weight excluding hydrogens is 371 g/mol. The summed E-state index contributed by atoms with van der Waals surface area (Å²) in [5.41, 5.74) is 0.177. The van der Waals surface area contributed by atoms with E-state index in [4.69, 9.17) is 9.47 Å². The monoisotopic (exact) mass is 384 g/mol. The van der Waals surface area contributed by atoms with Crippen molar-refractivity contribution in [1.82, 2.24) is 10.3 Å². The molecule has 0 bridgehead atoms. The number of nitrogens with one attached hydrogen (secondary N) is 2.